The van der Waals surface area contributed by atoms with Gasteiger partial charge in [0.15, 0.2) is 0 Å². The second-order valence-corrected chi connectivity index (χ2v) is 6.87. The summed E-state index contributed by atoms with van der Waals surface area (Å²) in [7, 11) is 0. The van der Waals surface area contributed by atoms with Crippen LogP contribution in [0.25, 0.3) is 0 Å². The zero-order valence-corrected chi connectivity index (χ0v) is 10.7. The van der Waals surface area contributed by atoms with E-state index in [1.54, 1.807) is 0 Å². The molecule has 0 aliphatic heterocycles. The van der Waals surface area contributed by atoms with Gasteiger partial charge in [-0.1, -0.05) is 41.6 Å². The molecule has 0 heterocycles. The molecular formula is C9H10BrCl2Li. The van der Waals surface area contributed by atoms with Gasteiger partial charge < -0.3 is 23.2 Å². The van der Waals surface area contributed by atoms with Gasteiger partial charge in [-0.25, -0.2) is 0 Å². The molecule has 2 atom stereocenters. The summed E-state index contributed by atoms with van der Waals surface area (Å²) >= 11 is 15.8. The van der Waals surface area contributed by atoms with Crippen LogP contribution in [0.5, 0.6) is 0 Å². The molecule has 4 rings (SSSR count). The molecule has 68 valence electrons. The van der Waals surface area contributed by atoms with E-state index in [1.165, 1.54) is 25.7 Å². The van der Waals surface area contributed by atoms with Crippen molar-refractivity contribution in [3.63, 3.8) is 0 Å². The van der Waals surface area contributed by atoms with E-state index in [1.807, 2.05) is 0 Å². The minimum Gasteiger partial charge on any atom is -0.329 e. The first-order valence-electron chi connectivity index (χ1n) is 4.50. The summed E-state index contributed by atoms with van der Waals surface area (Å²) in [5.41, 5.74) is 0.241. The molecule has 4 aliphatic rings. The second-order valence-electron chi connectivity index (χ2n) is 4.44. The van der Waals surface area contributed by atoms with Crippen molar-refractivity contribution >= 4 is 39.1 Å². The SMILES string of the molecule is Cl[C-](Cl)C12CC3(Br)C1CCCC32.[Li+]. The number of halogens is 3. The van der Waals surface area contributed by atoms with Gasteiger partial charge in [0.2, 0.25) is 0 Å². The normalized spacial score (nSPS) is 56.3. The van der Waals surface area contributed by atoms with Gasteiger partial charge in [-0.2, -0.15) is 0 Å². The third-order valence-electron chi connectivity index (χ3n) is 4.30. The van der Waals surface area contributed by atoms with Crippen LogP contribution in [0.1, 0.15) is 25.7 Å². The Morgan fingerprint density at radius 2 is 1.77 bits per heavy atom. The van der Waals surface area contributed by atoms with Crippen molar-refractivity contribution < 1.29 is 18.9 Å². The van der Waals surface area contributed by atoms with Crippen LogP contribution in [-0.4, -0.2) is 4.32 Å². The molecular weight excluding hydrogens is 266 g/mol. The van der Waals surface area contributed by atoms with E-state index in [0.29, 0.717) is 9.16 Å². The van der Waals surface area contributed by atoms with Gasteiger partial charge >= 0.3 is 18.9 Å². The molecule has 0 amide bonds. The Balaban J connectivity index is 0.000000653. The summed E-state index contributed by atoms with van der Waals surface area (Å²) in [5, 5.41) is 0. The van der Waals surface area contributed by atoms with Crippen LogP contribution in [0.3, 0.4) is 0 Å². The summed E-state index contributed by atoms with van der Waals surface area (Å²) in [6.45, 7) is 0. The minimum atomic E-state index is 0. The van der Waals surface area contributed by atoms with Crippen molar-refractivity contribution in [1.82, 2.24) is 0 Å². The van der Waals surface area contributed by atoms with E-state index in [9.17, 15) is 0 Å². The summed E-state index contributed by atoms with van der Waals surface area (Å²) in [5.74, 6) is 1.49. The van der Waals surface area contributed by atoms with E-state index in [-0.39, 0.29) is 24.3 Å². The average molecular weight is 276 g/mol. The fraction of sp³-hybridized carbons (Fsp3) is 0.889. The van der Waals surface area contributed by atoms with Crippen LogP contribution < -0.4 is 18.9 Å². The number of hydrogen-bond acceptors (Lipinski definition) is 0. The van der Waals surface area contributed by atoms with Crippen LogP contribution in [0.2, 0.25) is 0 Å². The molecule has 4 aliphatic carbocycles. The van der Waals surface area contributed by atoms with Crippen molar-refractivity contribution in [3.05, 3.63) is 4.84 Å². The van der Waals surface area contributed by atoms with E-state index >= 15 is 0 Å². The molecule has 0 aromatic carbocycles. The van der Waals surface area contributed by atoms with Gasteiger partial charge in [0.25, 0.3) is 0 Å². The summed E-state index contributed by atoms with van der Waals surface area (Å²) in [6.07, 6.45) is 5.17. The van der Waals surface area contributed by atoms with Crippen molar-refractivity contribution in [1.29, 1.82) is 0 Å². The maximum atomic E-state index is 5.98. The van der Waals surface area contributed by atoms with Gasteiger partial charge in [-0.15, -0.1) is 10.3 Å². The monoisotopic (exact) mass is 274 g/mol. The quantitative estimate of drug-likeness (QED) is 0.379. The zero-order chi connectivity index (χ0) is 8.56. The Labute approximate surface area is 109 Å². The Hall–Kier alpha value is 1.66. The molecule has 0 radical (unpaired) electrons. The van der Waals surface area contributed by atoms with Gasteiger partial charge in [-0.05, 0) is 11.8 Å². The smallest absolute Gasteiger partial charge is 0.329 e. The standard InChI is InChI=1S/C9H10BrCl2.Li/c10-9-4-8(7(11)12)5(9)2-1-3-6(8)9;/h5-6H,1-4H2;/q-1;+1. The largest absolute Gasteiger partial charge is 1.00 e. The molecule has 4 fully saturated rings. The van der Waals surface area contributed by atoms with E-state index in [4.69, 9.17) is 23.2 Å². The third-order valence-corrected chi connectivity index (χ3v) is 6.39. The van der Waals surface area contributed by atoms with Crippen molar-refractivity contribution in [3.8, 4) is 0 Å². The number of alkyl halides is 1. The topological polar surface area (TPSA) is 0 Å². The van der Waals surface area contributed by atoms with Crippen LogP contribution in [-0.2, 0) is 0 Å². The van der Waals surface area contributed by atoms with Gasteiger partial charge in [0.05, 0.1) is 0 Å². The van der Waals surface area contributed by atoms with Gasteiger partial charge in [0.1, 0.15) is 0 Å². The predicted molar refractivity (Wildman–Crippen MR) is 54.5 cm³/mol. The van der Waals surface area contributed by atoms with Crippen molar-refractivity contribution in [2.45, 2.75) is 30.0 Å². The Kier molecular flexibility index (Phi) is 2.64. The summed E-state index contributed by atoms with van der Waals surface area (Å²) in [6, 6.07) is 0. The number of rotatable bonds is 1. The molecule has 0 saturated heterocycles. The van der Waals surface area contributed by atoms with Crippen LogP contribution in [0.4, 0.5) is 0 Å². The molecule has 4 saturated carbocycles. The number of hydrogen-bond donors (Lipinski definition) is 0. The van der Waals surface area contributed by atoms with Crippen LogP contribution in [0, 0.1) is 22.1 Å². The molecule has 0 aromatic rings. The second kappa shape index (κ2) is 3.08. The molecule has 13 heavy (non-hydrogen) atoms. The molecule has 0 aromatic heterocycles. The van der Waals surface area contributed by atoms with Crippen LogP contribution in [0.15, 0.2) is 0 Å². The zero-order valence-electron chi connectivity index (χ0n) is 7.62. The molecule has 0 spiro atoms. The fourth-order valence-electron chi connectivity index (χ4n) is 3.78. The molecule has 0 N–H and O–H groups in total. The third kappa shape index (κ3) is 0.974. The maximum absolute atomic E-state index is 5.98. The first kappa shape index (κ1) is 11.2. The molecule has 0 nitrogen and oxygen atoms in total. The maximum Gasteiger partial charge on any atom is 1.00 e. The molecule has 4 bridgehead atoms. The van der Waals surface area contributed by atoms with Gasteiger partial charge in [-0.3, -0.25) is 0 Å². The van der Waals surface area contributed by atoms with Gasteiger partial charge in [0, 0.05) is 4.32 Å². The Morgan fingerprint density at radius 1 is 1.23 bits per heavy atom. The fourth-order valence-corrected chi connectivity index (χ4v) is 6.18. The predicted octanol–water partition coefficient (Wildman–Crippen LogP) is 0.911. The average Bonchev–Trinajstić information content (AvgIpc) is 2.00. The Morgan fingerprint density at radius 3 is 2.08 bits per heavy atom. The summed E-state index contributed by atoms with van der Waals surface area (Å²) < 4.78 is 0.445. The first-order valence-corrected chi connectivity index (χ1v) is 6.04. The van der Waals surface area contributed by atoms with E-state index < -0.39 is 0 Å². The molecule has 2 unspecified atom stereocenters. The van der Waals surface area contributed by atoms with Crippen molar-refractivity contribution in [2.24, 2.45) is 17.3 Å². The van der Waals surface area contributed by atoms with E-state index in [0.717, 1.165) is 11.8 Å². The van der Waals surface area contributed by atoms with Crippen molar-refractivity contribution in [2.75, 3.05) is 0 Å². The minimum absolute atomic E-state index is 0. The first-order chi connectivity index (χ1) is 5.62. The Bertz CT molecular complexity index is 232. The summed E-state index contributed by atoms with van der Waals surface area (Å²) in [4.78, 5) is 0.651. The van der Waals surface area contributed by atoms with E-state index in [2.05, 4.69) is 15.9 Å². The van der Waals surface area contributed by atoms with Crippen LogP contribution >= 0.6 is 39.1 Å². The molecule has 4 heteroatoms.